The number of nitrogens with zero attached hydrogens (tertiary/aromatic N) is 1. The van der Waals surface area contributed by atoms with E-state index in [4.69, 9.17) is 9.05 Å². The number of carbonyl (C=O) groups is 1. The summed E-state index contributed by atoms with van der Waals surface area (Å²) in [4.78, 5) is 22.8. The van der Waals surface area contributed by atoms with Crippen LogP contribution in [0.1, 0.15) is 194 Å². The van der Waals surface area contributed by atoms with Crippen molar-refractivity contribution >= 4 is 13.7 Å². The average Bonchev–Trinajstić information content (AvgIpc) is 3.09. The van der Waals surface area contributed by atoms with Gasteiger partial charge in [0.25, 0.3) is 0 Å². The van der Waals surface area contributed by atoms with Gasteiger partial charge in [0.2, 0.25) is 5.91 Å². The maximum Gasteiger partial charge on any atom is 0.472 e. The maximum atomic E-state index is 12.6. The van der Waals surface area contributed by atoms with E-state index < -0.39 is 20.0 Å². The van der Waals surface area contributed by atoms with Crippen LogP contribution < -0.4 is 5.32 Å². The van der Waals surface area contributed by atoms with Gasteiger partial charge in [-0.2, -0.15) is 0 Å². The zero-order valence-electron chi connectivity index (χ0n) is 34.8. The molecule has 3 atom stereocenters. The predicted octanol–water partition coefficient (Wildman–Crippen LogP) is 11.7. The molecule has 0 aliphatic heterocycles. The Morgan fingerprint density at radius 3 is 1.54 bits per heavy atom. The monoisotopic (exact) mass is 758 g/mol. The second-order valence-electron chi connectivity index (χ2n) is 16.1. The van der Waals surface area contributed by atoms with Gasteiger partial charge in [-0.15, -0.1) is 0 Å². The molecule has 0 aromatic rings. The van der Waals surface area contributed by atoms with Gasteiger partial charge in [0, 0.05) is 6.42 Å². The van der Waals surface area contributed by atoms with Gasteiger partial charge in [0.1, 0.15) is 13.2 Å². The molecule has 52 heavy (non-hydrogen) atoms. The number of likely N-dealkylation sites (N-methyl/N-ethyl adjacent to an activating group) is 1. The molecule has 0 aromatic carbocycles. The molecule has 0 aliphatic rings. The number of allylic oxidation sites excluding steroid dienone is 3. The second kappa shape index (κ2) is 35.7. The standard InChI is InChI=1S/C43H85N2O6P/c1-6-8-10-12-13-14-15-16-17-18-19-20-21-22-23-24-25-26-27-28-29-30-31-33-34-36-42(46)41(44-43(47)37-35-32-11-9-7-2)40-51-52(48,49)50-39-38-45(3,4)5/h29-30,34,36,41-42,46H,6-28,31-33,35,37-40H2,1-5H3,(H-,44,47,48,49)/p+1/b30-29+,36-34+. The number of carbonyl (C=O) groups excluding carboxylic acids is 1. The lowest BCUT2D eigenvalue weighted by Crippen LogP contribution is -2.45. The highest BCUT2D eigenvalue weighted by Crippen LogP contribution is 2.43. The first kappa shape index (κ1) is 51.0. The average molecular weight is 758 g/mol. The van der Waals surface area contributed by atoms with Gasteiger partial charge in [0.05, 0.1) is 39.9 Å². The van der Waals surface area contributed by atoms with Crippen LogP contribution in [0.15, 0.2) is 24.3 Å². The van der Waals surface area contributed by atoms with Crippen LogP contribution in [-0.4, -0.2) is 73.4 Å². The molecule has 8 nitrogen and oxygen atoms in total. The van der Waals surface area contributed by atoms with E-state index in [1.807, 2.05) is 27.2 Å². The Labute approximate surface area is 322 Å². The predicted molar refractivity (Wildman–Crippen MR) is 221 cm³/mol. The number of hydrogen-bond donors (Lipinski definition) is 3. The molecule has 3 N–H and O–H groups in total. The third kappa shape index (κ3) is 37.3. The summed E-state index contributed by atoms with van der Waals surface area (Å²) in [6.07, 6.45) is 41.7. The zero-order chi connectivity index (χ0) is 38.6. The van der Waals surface area contributed by atoms with E-state index in [9.17, 15) is 19.4 Å². The molecular formula is C43H86N2O6P+. The highest BCUT2D eigenvalue weighted by atomic mass is 31.2. The van der Waals surface area contributed by atoms with Crippen molar-refractivity contribution < 1.29 is 32.9 Å². The van der Waals surface area contributed by atoms with Crippen molar-refractivity contribution in [2.75, 3.05) is 40.9 Å². The van der Waals surface area contributed by atoms with Crippen LogP contribution in [-0.2, 0) is 18.4 Å². The molecule has 0 bridgehead atoms. The summed E-state index contributed by atoms with van der Waals surface area (Å²) >= 11 is 0. The first-order valence-corrected chi connectivity index (χ1v) is 23.2. The van der Waals surface area contributed by atoms with Crippen molar-refractivity contribution in [1.82, 2.24) is 5.32 Å². The minimum absolute atomic E-state index is 0.0571. The van der Waals surface area contributed by atoms with Crippen LogP contribution in [0.2, 0.25) is 0 Å². The van der Waals surface area contributed by atoms with Crippen LogP contribution in [0.4, 0.5) is 0 Å². The molecule has 1 amide bonds. The van der Waals surface area contributed by atoms with E-state index in [1.165, 1.54) is 122 Å². The smallest absolute Gasteiger partial charge is 0.387 e. The third-order valence-electron chi connectivity index (χ3n) is 9.67. The molecule has 0 saturated heterocycles. The summed E-state index contributed by atoms with van der Waals surface area (Å²) < 4.78 is 23.3. The minimum Gasteiger partial charge on any atom is -0.387 e. The second-order valence-corrected chi connectivity index (χ2v) is 17.5. The Bertz CT molecular complexity index is 907. The minimum atomic E-state index is -4.33. The molecule has 0 fully saturated rings. The molecule has 308 valence electrons. The summed E-state index contributed by atoms with van der Waals surface area (Å²) in [6.45, 7) is 4.70. The number of rotatable bonds is 39. The van der Waals surface area contributed by atoms with Crippen molar-refractivity contribution in [2.45, 2.75) is 206 Å². The van der Waals surface area contributed by atoms with Gasteiger partial charge in [-0.25, -0.2) is 4.57 Å². The fraction of sp³-hybridized carbons (Fsp3) is 0.884. The summed E-state index contributed by atoms with van der Waals surface area (Å²) in [5, 5.41) is 13.7. The molecule has 3 unspecified atom stereocenters. The number of phosphoric acid groups is 1. The number of nitrogens with one attached hydrogen (secondary N) is 1. The lowest BCUT2D eigenvalue weighted by molar-refractivity contribution is -0.870. The summed E-state index contributed by atoms with van der Waals surface area (Å²) in [5.74, 6) is -0.200. The number of phosphoric ester groups is 1. The van der Waals surface area contributed by atoms with Gasteiger partial charge >= 0.3 is 7.82 Å². The van der Waals surface area contributed by atoms with Crippen LogP contribution in [0.25, 0.3) is 0 Å². The van der Waals surface area contributed by atoms with Crippen molar-refractivity contribution in [1.29, 1.82) is 0 Å². The molecule has 0 radical (unpaired) electrons. The maximum absolute atomic E-state index is 12.6. The molecule has 0 rings (SSSR count). The highest BCUT2D eigenvalue weighted by molar-refractivity contribution is 7.47. The van der Waals surface area contributed by atoms with Crippen molar-refractivity contribution in [3.63, 3.8) is 0 Å². The van der Waals surface area contributed by atoms with Crippen LogP contribution in [0.3, 0.4) is 0 Å². The molecule has 0 spiro atoms. The lowest BCUT2D eigenvalue weighted by Gasteiger charge is -2.25. The van der Waals surface area contributed by atoms with Crippen molar-refractivity contribution in [3.05, 3.63) is 24.3 Å². The highest BCUT2D eigenvalue weighted by Gasteiger charge is 2.27. The van der Waals surface area contributed by atoms with Crippen LogP contribution in [0, 0.1) is 0 Å². The normalized spacial score (nSPS) is 14.7. The van der Waals surface area contributed by atoms with Gasteiger partial charge in [-0.3, -0.25) is 13.8 Å². The van der Waals surface area contributed by atoms with Crippen LogP contribution in [0.5, 0.6) is 0 Å². The van der Waals surface area contributed by atoms with E-state index in [0.717, 1.165) is 51.4 Å². The molecule has 0 aliphatic carbocycles. The van der Waals surface area contributed by atoms with E-state index >= 15 is 0 Å². The van der Waals surface area contributed by atoms with Gasteiger partial charge in [0.15, 0.2) is 0 Å². The fourth-order valence-corrected chi connectivity index (χ4v) is 6.91. The molecule has 9 heteroatoms. The topological polar surface area (TPSA) is 105 Å². The summed E-state index contributed by atoms with van der Waals surface area (Å²) in [5.41, 5.74) is 0. The summed E-state index contributed by atoms with van der Waals surface area (Å²) in [7, 11) is 1.55. The number of aliphatic hydroxyl groups is 1. The summed E-state index contributed by atoms with van der Waals surface area (Å²) in [6, 6.07) is -0.855. The quantitative estimate of drug-likeness (QED) is 0.0250. The first-order valence-electron chi connectivity index (χ1n) is 21.7. The zero-order valence-corrected chi connectivity index (χ0v) is 35.7. The lowest BCUT2D eigenvalue weighted by atomic mass is 10.0. The Balaban J connectivity index is 4.13. The van der Waals surface area contributed by atoms with E-state index in [0.29, 0.717) is 17.4 Å². The Morgan fingerprint density at radius 2 is 1.06 bits per heavy atom. The number of hydrogen-bond acceptors (Lipinski definition) is 5. The number of quaternary nitrogens is 1. The SMILES string of the molecule is CCCCCCCCCCCCCCCCCCCCC/C=C/CC/C=C/C(O)C(COP(=O)(O)OCC[N+](C)(C)C)NC(=O)CCCCCCC. The van der Waals surface area contributed by atoms with E-state index in [-0.39, 0.29) is 19.1 Å². The fourth-order valence-electron chi connectivity index (χ4n) is 6.17. The van der Waals surface area contributed by atoms with Crippen LogP contribution >= 0.6 is 7.82 Å². The number of amides is 1. The Kier molecular flexibility index (Phi) is 35.0. The largest absolute Gasteiger partial charge is 0.472 e. The Hall–Kier alpha value is -1.02. The Morgan fingerprint density at radius 1 is 0.635 bits per heavy atom. The number of unbranched alkanes of at least 4 members (excludes halogenated alkanes) is 24. The van der Waals surface area contributed by atoms with Crippen molar-refractivity contribution in [2.24, 2.45) is 0 Å². The van der Waals surface area contributed by atoms with E-state index in [2.05, 4.69) is 31.3 Å². The first-order chi connectivity index (χ1) is 25.0. The molecular weight excluding hydrogens is 671 g/mol. The molecule has 0 heterocycles. The van der Waals surface area contributed by atoms with Gasteiger partial charge in [-0.05, 0) is 32.1 Å². The molecule has 0 saturated carbocycles. The molecule has 0 aromatic heterocycles. The number of aliphatic hydroxyl groups excluding tert-OH is 1. The van der Waals surface area contributed by atoms with Crippen molar-refractivity contribution in [3.8, 4) is 0 Å². The van der Waals surface area contributed by atoms with E-state index in [1.54, 1.807) is 6.08 Å². The third-order valence-corrected chi connectivity index (χ3v) is 10.7. The van der Waals surface area contributed by atoms with Gasteiger partial charge < -0.3 is 19.8 Å². The van der Waals surface area contributed by atoms with Gasteiger partial charge in [-0.1, -0.05) is 179 Å².